The van der Waals surface area contributed by atoms with E-state index in [0.29, 0.717) is 25.9 Å². The van der Waals surface area contributed by atoms with Gasteiger partial charge < -0.3 is 14.7 Å². The van der Waals surface area contributed by atoms with E-state index in [-0.39, 0.29) is 12.0 Å². The Bertz CT molecular complexity index is 493. The first-order chi connectivity index (χ1) is 9.74. The lowest BCUT2D eigenvalue weighted by atomic mass is 9.91. The summed E-state index contributed by atoms with van der Waals surface area (Å²) in [6.45, 7) is 6.61. The second-order valence-electron chi connectivity index (χ2n) is 6.73. The number of amides is 1. The number of carbonyl (C=O) groups is 1. The molecule has 6 heteroatoms. The number of aryl methyl sites for hydroxylation is 1. The highest BCUT2D eigenvalue weighted by Crippen LogP contribution is 2.22. The van der Waals surface area contributed by atoms with Crippen LogP contribution in [0.1, 0.15) is 32.9 Å². The SMILES string of the molecule is Cn1ccc(CC2CN(C(=O)OC(C)(C)C)CCC2O)n1. The second kappa shape index (κ2) is 6.05. The fourth-order valence-corrected chi connectivity index (χ4v) is 2.55. The number of carbonyl (C=O) groups excluding carboxylic acids is 1. The van der Waals surface area contributed by atoms with Gasteiger partial charge in [-0.25, -0.2) is 4.79 Å². The van der Waals surface area contributed by atoms with Gasteiger partial charge in [-0.3, -0.25) is 4.68 Å². The molecule has 1 aromatic heterocycles. The molecule has 1 amide bonds. The van der Waals surface area contributed by atoms with E-state index in [4.69, 9.17) is 4.74 Å². The zero-order chi connectivity index (χ0) is 15.6. The molecule has 21 heavy (non-hydrogen) atoms. The second-order valence-corrected chi connectivity index (χ2v) is 6.73. The predicted molar refractivity (Wildman–Crippen MR) is 78.8 cm³/mol. The minimum atomic E-state index is -0.496. The van der Waals surface area contributed by atoms with Gasteiger partial charge in [0, 0.05) is 32.3 Å². The number of piperidine rings is 1. The van der Waals surface area contributed by atoms with Crippen molar-refractivity contribution >= 4 is 6.09 Å². The van der Waals surface area contributed by atoms with Gasteiger partial charge in [0.25, 0.3) is 0 Å². The molecule has 1 fully saturated rings. The molecule has 2 unspecified atom stereocenters. The van der Waals surface area contributed by atoms with E-state index in [0.717, 1.165) is 5.69 Å². The van der Waals surface area contributed by atoms with E-state index in [2.05, 4.69) is 5.10 Å². The highest BCUT2D eigenvalue weighted by Gasteiger charge is 2.32. The van der Waals surface area contributed by atoms with Crippen molar-refractivity contribution in [1.29, 1.82) is 0 Å². The third kappa shape index (κ3) is 4.46. The number of aromatic nitrogens is 2. The first-order valence-corrected chi connectivity index (χ1v) is 7.39. The minimum absolute atomic E-state index is 0.00108. The van der Waals surface area contributed by atoms with E-state index >= 15 is 0 Å². The molecule has 0 aliphatic carbocycles. The van der Waals surface area contributed by atoms with Crippen LogP contribution in [0.2, 0.25) is 0 Å². The number of nitrogens with zero attached hydrogens (tertiary/aromatic N) is 3. The lowest BCUT2D eigenvalue weighted by molar-refractivity contribution is -0.00843. The van der Waals surface area contributed by atoms with Crippen LogP contribution in [-0.2, 0) is 18.2 Å². The van der Waals surface area contributed by atoms with Crippen LogP contribution in [0, 0.1) is 5.92 Å². The van der Waals surface area contributed by atoms with Crippen molar-refractivity contribution in [3.05, 3.63) is 18.0 Å². The number of ether oxygens (including phenoxy) is 1. The van der Waals surface area contributed by atoms with E-state index < -0.39 is 11.7 Å². The minimum Gasteiger partial charge on any atom is -0.444 e. The molecule has 6 nitrogen and oxygen atoms in total. The average molecular weight is 295 g/mol. The third-order valence-corrected chi connectivity index (χ3v) is 3.59. The summed E-state index contributed by atoms with van der Waals surface area (Å²) in [5.74, 6) is 0.00108. The molecule has 0 spiro atoms. The standard InChI is InChI=1S/C15H25N3O3/c1-15(2,3)21-14(20)18-8-6-13(19)11(10-18)9-12-5-7-17(4)16-12/h5,7,11,13,19H,6,8-10H2,1-4H3. The lowest BCUT2D eigenvalue weighted by Crippen LogP contribution is -2.48. The Kier molecular flexibility index (Phi) is 4.56. The van der Waals surface area contributed by atoms with Gasteiger partial charge in [-0.1, -0.05) is 0 Å². The lowest BCUT2D eigenvalue weighted by Gasteiger charge is -2.36. The summed E-state index contributed by atoms with van der Waals surface area (Å²) >= 11 is 0. The Labute approximate surface area is 125 Å². The zero-order valence-corrected chi connectivity index (χ0v) is 13.2. The highest BCUT2D eigenvalue weighted by molar-refractivity contribution is 5.68. The first kappa shape index (κ1) is 15.8. The van der Waals surface area contributed by atoms with Crippen molar-refractivity contribution in [2.45, 2.75) is 45.3 Å². The van der Waals surface area contributed by atoms with Gasteiger partial charge in [0.15, 0.2) is 0 Å². The van der Waals surface area contributed by atoms with Gasteiger partial charge in [-0.2, -0.15) is 5.10 Å². The van der Waals surface area contributed by atoms with Gasteiger partial charge in [-0.15, -0.1) is 0 Å². The zero-order valence-electron chi connectivity index (χ0n) is 13.2. The molecule has 0 bridgehead atoms. The smallest absolute Gasteiger partial charge is 0.410 e. The van der Waals surface area contributed by atoms with Crippen LogP contribution in [0.25, 0.3) is 0 Å². The van der Waals surface area contributed by atoms with Gasteiger partial charge in [0.1, 0.15) is 5.60 Å². The molecule has 2 rings (SSSR count). The summed E-state index contributed by atoms with van der Waals surface area (Å²) in [6, 6.07) is 1.94. The van der Waals surface area contributed by atoms with E-state index in [9.17, 15) is 9.90 Å². The number of aliphatic hydroxyl groups is 1. The molecular weight excluding hydrogens is 270 g/mol. The Morgan fingerprint density at radius 3 is 2.81 bits per heavy atom. The van der Waals surface area contributed by atoms with Crippen LogP contribution in [0.5, 0.6) is 0 Å². The average Bonchev–Trinajstić information content (AvgIpc) is 2.75. The summed E-state index contributed by atoms with van der Waals surface area (Å²) in [5.41, 5.74) is 0.441. The molecule has 0 aromatic carbocycles. The molecule has 1 aliphatic heterocycles. The van der Waals surface area contributed by atoms with Crippen molar-refractivity contribution in [2.75, 3.05) is 13.1 Å². The Morgan fingerprint density at radius 1 is 1.52 bits per heavy atom. The largest absolute Gasteiger partial charge is 0.444 e. The molecule has 1 saturated heterocycles. The Morgan fingerprint density at radius 2 is 2.24 bits per heavy atom. The summed E-state index contributed by atoms with van der Waals surface area (Å²) < 4.78 is 7.15. The van der Waals surface area contributed by atoms with Crippen LogP contribution in [0.4, 0.5) is 4.79 Å². The molecule has 1 aromatic rings. The fraction of sp³-hybridized carbons (Fsp3) is 0.733. The van der Waals surface area contributed by atoms with Gasteiger partial charge >= 0.3 is 6.09 Å². The summed E-state index contributed by atoms with van der Waals surface area (Å²) in [6.07, 6.45) is 2.43. The van der Waals surface area contributed by atoms with Crippen molar-refractivity contribution in [3.8, 4) is 0 Å². The van der Waals surface area contributed by atoms with Crippen LogP contribution >= 0.6 is 0 Å². The normalized spacial score (nSPS) is 23.2. The Hall–Kier alpha value is -1.56. The number of aliphatic hydroxyl groups excluding tert-OH is 1. The predicted octanol–water partition coefficient (Wildman–Crippen LogP) is 1.58. The summed E-state index contributed by atoms with van der Waals surface area (Å²) in [5, 5.41) is 14.5. The molecule has 2 atom stereocenters. The third-order valence-electron chi connectivity index (χ3n) is 3.59. The molecule has 2 heterocycles. The topological polar surface area (TPSA) is 67.6 Å². The maximum atomic E-state index is 12.1. The monoisotopic (exact) mass is 295 g/mol. The first-order valence-electron chi connectivity index (χ1n) is 7.39. The van der Waals surface area contributed by atoms with E-state index in [1.807, 2.05) is 40.1 Å². The Balaban J connectivity index is 1.97. The number of rotatable bonds is 2. The van der Waals surface area contributed by atoms with Crippen molar-refractivity contribution in [1.82, 2.24) is 14.7 Å². The summed E-state index contributed by atoms with van der Waals surface area (Å²) in [7, 11) is 1.87. The van der Waals surface area contributed by atoms with Crippen molar-refractivity contribution in [3.63, 3.8) is 0 Å². The van der Waals surface area contributed by atoms with Gasteiger partial charge in [0.05, 0.1) is 11.8 Å². The maximum Gasteiger partial charge on any atom is 0.410 e. The number of hydrogen-bond acceptors (Lipinski definition) is 4. The number of likely N-dealkylation sites (tertiary alicyclic amines) is 1. The van der Waals surface area contributed by atoms with Crippen molar-refractivity contribution < 1.29 is 14.6 Å². The molecule has 1 N–H and O–H groups in total. The van der Waals surface area contributed by atoms with Crippen LogP contribution in [0.15, 0.2) is 12.3 Å². The van der Waals surface area contributed by atoms with Crippen molar-refractivity contribution in [2.24, 2.45) is 13.0 Å². The quantitative estimate of drug-likeness (QED) is 0.899. The van der Waals surface area contributed by atoms with Crippen LogP contribution in [-0.4, -0.2) is 50.7 Å². The van der Waals surface area contributed by atoms with Crippen LogP contribution in [0.3, 0.4) is 0 Å². The van der Waals surface area contributed by atoms with Crippen LogP contribution < -0.4 is 0 Å². The molecule has 1 aliphatic rings. The van der Waals surface area contributed by atoms with Gasteiger partial charge in [-0.05, 0) is 39.7 Å². The molecule has 0 radical (unpaired) electrons. The van der Waals surface area contributed by atoms with E-state index in [1.165, 1.54) is 0 Å². The van der Waals surface area contributed by atoms with E-state index in [1.54, 1.807) is 9.58 Å². The fourth-order valence-electron chi connectivity index (χ4n) is 2.55. The molecular formula is C15H25N3O3. The van der Waals surface area contributed by atoms with Gasteiger partial charge in [0.2, 0.25) is 0 Å². The maximum absolute atomic E-state index is 12.1. The molecule has 0 saturated carbocycles. The highest BCUT2D eigenvalue weighted by atomic mass is 16.6. The molecule has 118 valence electrons. The number of hydrogen-bond donors (Lipinski definition) is 1. The summed E-state index contributed by atoms with van der Waals surface area (Å²) in [4.78, 5) is 13.8.